The maximum absolute atomic E-state index is 4.85. The van der Waals surface area contributed by atoms with E-state index in [1.165, 1.54) is 24.1 Å². The molecule has 0 amide bonds. The van der Waals surface area contributed by atoms with Gasteiger partial charge in [0.05, 0.1) is 5.69 Å². The fourth-order valence-corrected chi connectivity index (χ4v) is 5.11. The van der Waals surface area contributed by atoms with E-state index in [-0.39, 0.29) is 0 Å². The Morgan fingerprint density at radius 3 is 2.59 bits per heavy atom. The van der Waals surface area contributed by atoms with Gasteiger partial charge < -0.3 is 10.2 Å². The van der Waals surface area contributed by atoms with E-state index in [9.17, 15) is 0 Å². The maximum Gasteiger partial charge on any atom is 0.255 e. The Bertz CT molecular complexity index is 1040. The maximum atomic E-state index is 4.85. The Hall–Kier alpha value is -2.46. The van der Waals surface area contributed by atoms with Gasteiger partial charge in [0.1, 0.15) is 5.82 Å². The van der Waals surface area contributed by atoms with Gasteiger partial charge in [-0.25, -0.2) is 15.0 Å². The number of aromatic nitrogens is 6. The van der Waals surface area contributed by atoms with Crippen LogP contribution in [-0.2, 0) is 12.8 Å². The Labute approximate surface area is 193 Å². The molecule has 1 aliphatic heterocycles. The van der Waals surface area contributed by atoms with Gasteiger partial charge in [0, 0.05) is 62.5 Å². The lowest BCUT2D eigenvalue weighted by Gasteiger charge is -2.34. The SMILES string of the molecule is CC(C)Sc1nc2nc3c(c(NCCN4CCN(c5ncccn5)CC4)n2n1)CCCC3. The molecule has 0 atom stereocenters. The highest BCUT2D eigenvalue weighted by atomic mass is 32.2. The van der Waals surface area contributed by atoms with E-state index in [1.807, 2.05) is 23.0 Å². The van der Waals surface area contributed by atoms with Gasteiger partial charge in [-0.2, -0.15) is 9.50 Å². The van der Waals surface area contributed by atoms with Crippen LogP contribution < -0.4 is 10.2 Å². The van der Waals surface area contributed by atoms with Gasteiger partial charge in [-0.3, -0.25) is 4.90 Å². The number of rotatable bonds is 7. The molecule has 10 heteroatoms. The molecule has 2 aliphatic rings. The van der Waals surface area contributed by atoms with E-state index >= 15 is 0 Å². The first kappa shape index (κ1) is 21.4. The van der Waals surface area contributed by atoms with E-state index in [0.717, 1.165) is 69.0 Å². The lowest BCUT2D eigenvalue weighted by molar-refractivity contribution is 0.266. The summed E-state index contributed by atoms with van der Waals surface area (Å²) in [5, 5.41) is 9.73. The molecule has 9 nitrogen and oxygen atoms in total. The van der Waals surface area contributed by atoms with E-state index in [0.29, 0.717) is 11.0 Å². The Morgan fingerprint density at radius 2 is 1.81 bits per heavy atom. The molecule has 1 N–H and O–H groups in total. The van der Waals surface area contributed by atoms with Crippen LogP contribution in [0.5, 0.6) is 0 Å². The fraction of sp³-hybridized carbons (Fsp3) is 0.591. The summed E-state index contributed by atoms with van der Waals surface area (Å²) in [6.07, 6.45) is 8.12. The minimum atomic E-state index is 0.443. The molecule has 0 saturated carbocycles. The van der Waals surface area contributed by atoms with Crippen LogP contribution in [0, 0.1) is 0 Å². The molecule has 0 bridgehead atoms. The first-order valence-electron chi connectivity index (χ1n) is 11.6. The zero-order valence-electron chi connectivity index (χ0n) is 18.9. The third kappa shape index (κ3) is 4.66. The summed E-state index contributed by atoms with van der Waals surface area (Å²) < 4.78 is 1.93. The van der Waals surface area contributed by atoms with Crippen LogP contribution in [0.1, 0.15) is 37.9 Å². The van der Waals surface area contributed by atoms with Crippen LogP contribution in [0.3, 0.4) is 0 Å². The van der Waals surface area contributed by atoms with Crippen molar-refractivity contribution in [2.75, 3.05) is 49.5 Å². The van der Waals surface area contributed by atoms with Gasteiger partial charge in [-0.05, 0) is 31.7 Å². The van der Waals surface area contributed by atoms with Crippen LogP contribution in [-0.4, -0.2) is 79.0 Å². The number of hydrogen-bond donors (Lipinski definition) is 1. The predicted molar refractivity (Wildman–Crippen MR) is 128 cm³/mol. The summed E-state index contributed by atoms with van der Waals surface area (Å²) in [6, 6.07) is 1.86. The van der Waals surface area contributed by atoms with Crippen LogP contribution in [0.2, 0.25) is 0 Å². The fourth-order valence-electron chi connectivity index (χ4n) is 4.43. The van der Waals surface area contributed by atoms with Crippen LogP contribution in [0.15, 0.2) is 23.6 Å². The zero-order valence-corrected chi connectivity index (χ0v) is 19.7. The molecule has 0 spiro atoms. The molecule has 4 heterocycles. The smallest absolute Gasteiger partial charge is 0.255 e. The van der Waals surface area contributed by atoms with E-state index in [1.54, 1.807) is 11.8 Å². The molecule has 0 aromatic carbocycles. The molecule has 32 heavy (non-hydrogen) atoms. The second kappa shape index (κ2) is 9.58. The average molecular weight is 454 g/mol. The zero-order chi connectivity index (χ0) is 21.9. The first-order valence-corrected chi connectivity index (χ1v) is 12.5. The lowest BCUT2D eigenvalue weighted by atomic mass is 9.96. The van der Waals surface area contributed by atoms with Crippen molar-refractivity contribution in [3.63, 3.8) is 0 Å². The number of piperazine rings is 1. The van der Waals surface area contributed by atoms with E-state index in [2.05, 4.69) is 38.9 Å². The third-order valence-electron chi connectivity index (χ3n) is 6.01. The van der Waals surface area contributed by atoms with Crippen molar-refractivity contribution in [3.05, 3.63) is 29.7 Å². The van der Waals surface area contributed by atoms with Crippen molar-refractivity contribution in [3.8, 4) is 0 Å². The molecule has 3 aromatic rings. The van der Waals surface area contributed by atoms with Crippen molar-refractivity contribution >= 4 is 29.3 Å². The number of hydrogen-bond acceptors (Lipinski definition) is 9. The second-order valence-corrected chi connectivity index (χ2v) is 10.2. The number of nitrogens with one attached hydrogen (secondary N) is 1. The lowest BCUT2D eigenvalue weighted by Crippen LogP contribution is -2.48. The minimum absolute atomic E-state index is 0.443. The molecule has 0 radical (unpaired) electrons. The summed E-state index contributed by atoms with van der Waals surface area (Å²) in [7, 11) is 0. The Kier molecular flexibility index (Phi) is 6.40. The highest BCUT2D eigenvalue weighted by molar-refractivity contribution is 7.99. The van der Waals surface area contributed by atoms with Gasteiger partial charge in [0.15, 0.2) is 0 Å². The van der Waals surface area contributed by atoms with Gasteiger partial charge in [0.25, 0.3) is 5.78 Å². The molecule has 170 valence electrons. The number of thioether (sulfide) groups is 1. The Balaban J connectivity index is 1.25. The standard InChI is InChI=1S/C22H31N9S/c1-16(2)32-22-27-21-26-18-7-4-3-6-17(18)19(31(21)28-22)23-10-11-29-12-14-30(15-13-29)20-24-8-5-9-25-20/h5,8-9,16,23H,3-4,6-7,10-15H2,1-2H3. The summed E-state index contributed by atoms with van der Waals surface area (Å²) in [5.74, 6) is 2.63. The number of anilines is 2. The van der Waals surface area contributed by atoms with Crippen LogP contribution in [0.25, 0.3) is 5.78 Å². The predicted octanol–water partition coefficient (Wildman–Crippen LogP) is 2.53. The topological polar surface area (TPSA) is 87.4 Å². The van der Waals surface area contributed by atoms with Crippen molar-refractivity contribution in [1.82, 2.24) is 34.4 Å². The minimum Gasteiger partial charge on any atom is -0.368 e. The highest BCUT2D eigenvalue weighted by Crippen LogP contribution is 2.29. The van der Waals surface area contributed by atoms with E-state index in [4.69, 9.17) is 15.1 Å². The van der Waals surface area contributed by atoms with Gasteiger partial charge in [0.2, 0.25) is 11.1 Å². The van der Waals surface area contributed by atoms with Gasteiger partial charge in [-0.15, -0.1) is 5.10 Å². The molecule has 0 unspecified atom stereocenters. The number of aryl methyl sites for hydroxylation is 1. The molecule has 1 aliphatic carbocycles. The van der Waals surface area contributed by atoms with Crippen LogP contribution in [0.4, 0.5) is 11.8 Å². The highest BCUT2D eigenvalue weighted by Gasteiger charge is 2.22. The van der Waals surface area contributed by atoms with Gasteiger partial charge in [-0.1, -0.05) is 25.6 Å². The van der Waals surface area contributed by atoms with E-state index < -0.39 is 0 Å². The summed E-state index contributed by atoms with van der Waals surface area (Å²) in [5.41, 5.74) is 2.51. The monoisotopic (exact) mass is 453 g/mol. The molecule has 5 rings (SSSR count). The quantitative estimate of drug-likeness (QED) is 0.542. The third-order valence-corrected chi connectivity index (χ3v) is 6.87. The normalized spacial score (nSPS) is 17.2. The number of fused-ring (bicyclic) bond motifs is 2. The molecular formula is C22H31N9S. The Morgan fingerprint density at radius 1 is 1.03 bits per heavy atom. The molecular weight excluding hydrogens is 422 g/mol. The molecule has 1 saturated heterocycles. The first-order chi connectivity index (χ1) is 15.7. The molecule has 1 fully saturated rings. The average Bonchev–Trinajstić information content (AvgIpc) is 3.21. The summed E-state index contributed by atoms with van der Waals surface area (Å²) >= 11 is 1.69. The van der Waals surface area contributed by atoms with Gasteiger partial charge >= 0.3 is 0 Å². The van der Waals surface area contributed by atoms with Crippen molar-refractivity contribution in [1.29, 1.82) is 0 Å². The summed E-state index contributed by atoms with van der Waals surface area (Å²) in [4.78, 5) is 23.1. The second-order valence-electron chi connectivity index (χ2n) is 8.67. The van der Waals surface area contributed by atoms with Crippen molar-refractivity contribution in [2.45, 2.75) is 49.9 Å². The van der Waals surface area contributed by atoms with Crippen LogP contribution >= 0.6 is 11.8 Å². The molecule has 3 aromatic heterocycles. The number of nitrogens with zero attached hydrogens (tertiary/aromatic N) is 8. The summed E-state index contributed by atoms with van der Waals surface area (Å²) in [6.45, 7) is 10.1. The van der Waals surface area contributed by atoms with Crippen molar-refractivity contribution < 1.29 is 0 Å². The van der Waals surface area contributed by atoms with Crippen molar-refractivity contribution in [2.24, 2.45) is 0 Å². The largest absolute Gasteiger partial charge is 0.368 e.